The van der Waals surface area contributed by atoms with Crippen molar-refractivity contribution in [1.29, 1.82) is 0 Å². The molecule has 10 heteroatoms. The van der Waals surface area contributed by atoms with Crippen LogP contribution in [-0.2, 0) is 29.0 Å². The van der Waals surface area contributed by atoms with E-state index < -0.39 is 12.1 Å². The Morgan fingerprint density at radius 3 is 2.36 bits per heavy atom. The largest absolute Gasteiger partial charge is 0.508 e. The average molecular weight is 577 g/mol. The third-order valence-corrected chi connectivity index (χ3v) is 6.25. The highest BCUT2D eigenvalue weighted by molar-refractivity contribution is 5.89. The number of nitrogens with zero attached hydrogens (tertiary/aromatic N) is 1. The standard InChI is InChI=1S/C29H37N5O3.2ClH/c1-20-24(14-16-27(30)33-20)19-32-28(36)21(2)34-29(37)26(15-13-22-8-4-3-5-9-22)31-17-7-11-23-10-6-12-25(35)18-23;;/h3-6,8-10,12,14,16,18,21,26,31,35H,7,11,13,15,17,19H2,1-2H3,(H2,30,33)(H,32,36)(H,34,37);2*1H/t21-,26+;;/m0../s1. The van der Waals surface area contributed by atoms with Gasteiger partial charge in [0.05, 0.1) is 6.04 Å². The van der Waals surface area contributed by atoms with E-state index in [1.165, 1.54) is 0 Å². The second-order valence-electron chi connectivity index (χ2n) is 9.23. The number of aryl methyl sites for hydroxylation is 3. The number of hydrogen-bond donors (Lipinski definition) is 5. The summed E-state index contributed by atoms with van der Waals surface area (Å²) >= 11 is 0. The Morgan fingerprint density at radius 2 is 1.67 bits per heavy atom. The Labute approximate surface area is 243 Å². The molecule has 0 radical (unpaired) electrons. The predicted octanol–water partition coefficient (Wildman–Crippen LogP) is 3.87. The van der Waals surface area contributed by atoms with Gasteiger partial charge in [0.1, 0.15) is 17.6 Å². The molecule has 2 atom stereocenters. The van der Waals surface area contributed by atoms with Gasteiger partial charge in [0, 0.05) is 12.2 Å². The van der Waals surface area contributed by atoms with Gasteiger partial charge in [0.2, 0.25) is 11.8 Å². The lowest BCUT2D eigenvalue weighted by Gasteiger charge is -2.21. The van der Waals surface area contributed by atoms with E-state index in [-0.39, 0.29) is 42.4 Å². The van der Waals surface area contributed by atoms with Crippen molar-refractivity contribution in [2.24, 2.45) is 0 Å². The summed E-state index contributed by atoms with van der Waals surface area (Å²) in [6, 6.07) is 19.6. The first-order valence-corrected chi connectivity index (χ1v) is 12.7. The zero-order valence-electron chi connectivity index (χ0n) is 22.4. The van der Waals surface area contributed by atoms with E-state index in [0.717, 1.165) is 41.6 Å². The van der Waals surface area contributed by atoms with Crippen LogP contribution in [-0.4, -0.2) is 40.5 Å². The number of pyridine rings is 1. The van der Waals surface area contributed by atoms with E-state index >= 15 is 0 Å². The fourth-order valence-electron chi connectivity index (χ4n) is 4.07. The molecule has 0 aliphatic rings. The topological polar surface area (TPSA) is 129 Å². The van der Waals surface area contributed by atoms with Crippen LogP contribution >= 0.6 is 24.8 Å². The molecular formula is C29H39Cl2N5O3. The van der Waals surface area contributed by atoms with Crippen molar-refractivity contribution < 1.29 is 14.7 Å². The van der Waals surface area contributed by atoms with Crippen LogP contribution in [0, 0.1) is 6.92 Å². The highest BCUT2D eigenvalue weighted by atomic mass is 35.5. The third-order valence-electron chi connectivity index (χ3n) is 6.25. The summed E-state index contributed by atoms with van der Waals surface area (Å²) in [6.07, 6.45) is 2.94. The van der Waals surface area contributed by atoms with Crippen LogP contribution in [0.15, 0.2) is 66.7 Å². The first kappa shape index (κ1) is 33.7. The second kappa shape index (κ2) is 17.3. The number of carbonyl (C=O) groups is 2. The smallest absolute Gasteiger partial charge is 0.242 e. The van der Waals surface area contributed by atoms with Crippen LogP contribution in [0.25, 0.3) is 0 Å². The van der Waals surface area contributed by atoms with Crippen LogP contribution in [0.3, 0.4) is 0 Å². The van der Waals surface area contributed by atoms with Gasteiger partial charge >= 0.3 is 0 Å². The lowest BCUT2D eigenvalue weighted by atomic mass is 10.0. The highest BCUT2D eigenvalue weighted by Gasteiger charge is 2.22. The van der Waals surface area contributed by atoms with Gasteiger partial charge in [-0.15, -0.1) is 24.8 Å². The normalized spacial score (nSPS) is 11.8. The Morgan fingerprint density at radius 1 is 0.949 bits per heavy atom. The molecule has 0 aliphatic heterocycles. The van der Waals surface area contributed by atoms with Crippen LogP contribution < -0.4 is 21.7 Å². The monoisotopic (exact) mass is 575 g/mol. The molecule has 0 spiro atoms. The number of phenols is 1. The number of nitrogens with one attached hydrogen (secondary N) is 3. The molecule has 212 valence electrons. The molecule has 0 aliphatic carbocycles. The SMILES string of the molecule is Cc1nc(N)ccc1CNC(=O)[C@H](C)NC(=O)[C@@H](CCc1ccccc1)NCCCc1cccc(O)c1.Cl.Cl. The number of hydrogen-bond acceptors (Lipinski definition) is 6. The summed E-state index contributed by atoms with van der Waals surface area (Å²) < 4.78 is 0. The van der Waals surface area contributed by atoms with E-state index in [9.17, 15) is 14.7 Å². The number of nitrogen functional groups attached to an aromatic ring is 1. The molecule has 39 heavy (non-hydrogen) atoms. The van der Waals surface area contributed by atoms with Crippen molar-refractivity contribution in [2.45, 2.75) is 58.2 Å². The number of halogens is 2. The number of nitrogens with two attached hydrogens (primary N) is 1. The van der Waals surface area contributed by atoms with Crippen molar-refractivity contribution in [1.82, 2.24) is 20.9 Å². The summed E-state index contributed by atoms with van der Waals surface area (Å²) in [5, 5.41) is 18.7. The summed E-state index contributed by atoms with van der Waals surface area (Å²) in [4.78, 5) is 30.0. The minimum Gasteiger partial charge on any atom is -0.508 e. The summed E-state index contributed by atoms with van der Waals surface area (Å²) in [6.45, 7) is 4.46. The first-order chi connectivity index (χ1) is 17.8. The zero-order valence-corrected chi connectivity index (χ0v) is 24.0. The molecule has 3 aromatic rings. The highest BCUT2D eigenvalue weighted by Crippen LogP contribution is 2.13. The fraction of sp³-hybridized carbons (Fsp3) is 0.345. The maximum Gasteiger partial charge on any atom is 0.242 e. The molecule has 2 aromatic carbocycles. The lowest BCUT2D eigenvalue weighted by molar-refractivity contribution is -0.129. The van der Waals surface area contributed by atoms with Crippen molar-refractivity contribution in [2.75, 3.05) is 12.3 Å². The molecule has 6 N–H and O–H groups in total. The van der Waals surface area contributed by atoms with Crippen molar-refractivity contribution in [3.05, 3.63) is 89.1 Å². The van der Waals surface area contributed by atoms with Gasteiger partial charge in [0.15, 0.2) is 0 Å². The van der Waals surface area contributed by atoms with Crippen LogP contribution in [0.2, 0.25) is 0 Å². The van der Waals surface area contributed by atoms with E-state index in [1.807, 2.05) is 55.5 Å². The molecule has 0 saturated heterocycles. The molecule has 0 saturated carbocycles. The van der Waals surface area contributed by atoms with Gasteiger partial charge in [-0.1, -0.05) is 48.5 Å². The van der Waals surface area contributed by atoms with Gasteiger partial charge in [-0.3, -0.25) is 9.59 Å². The molecule has 3 rings (SSSR count). The van der Waals surface area contributed by atoms with Crippen molar-refractivity contribution in [3.63, 3.8) is 0 Å². The second-order valence-corrected chi connectivity index (χ2v) is 9.23. The number of carbonyl (C=O) groups excluding carboxylic acids is 2. The summed E-state index contributed by atoms with van der Waals surface area (Å²) in [5.41, 5.74) is 9.52. The van der Waals surface area contributed by atoms with Crippen molar-refractivity contribution in [3.8, 4) is 5.75 Å². The molecule has 2 amide bonds. The molecule has 8 nitrogen and oxygen atoms in total. The van der Waals surface area contributed by atoms with Gasteiger partial charge in [-0.05, 0) is 81.0 Å². The molecule has 0 bridgehead atoms. The number of anilines is 1. The van der Waals surface area contributed by atoms with Crippen LogP contribution in [0.5, 0.6) is 5.75 Å². The number of aromatic nitrogens is 1. The predicted molar refractivity (Wildman–Crippen MR) is 160 cm³/mol. The lowest BCUT2D eigenvalue weighted by Crippen LogP contribution is -2.51. The van der Waals surface area contributed by atoms with Gasteiger partial charge < -0.3 is 26.8 Å². The summed E-state index contributed by atoms with van der Waals surface area (Å²) in [5.74, 6) is 0.210. The zero-order chi connectivity index (χ0) is 26.6. The van der Waals surface area contributed by atoms with Gasteiger partial charge in [0.25, 0.3) is 0 Å². The van der Waals surface area contributed by atoms with E-state index in [0.29, 0.717) is 25.3 Å². The molecular weight excluding hydrogens is 537 g/mol. The first-order valence-electron chi connectivity index (χ1n) is 12.7. The fourth-order valence-corrected chi connectivity index (χ4v) is 4.07. The number of amides is 2. The molecule has 1 heterocycles. The van der Waals surface area contributed by atoms with Crippen LogP contribution in [0.4, 0.5) is 5.82 Å². The van der Waals surface area contributed by atoms with E-state index in [4.69, 9.17) is 5.73 Å². The Kier molecular flexibility index (Phi) is 14.9. The third kappa shape index (κ3) is 11.5. The minimum absolute atomic E-state index is 0. The van der Waals surface area contributed by atoms with E-state index in [1.54, 1.807) is 25.1 Å². The van der Waals surface area contributed by atoms with Crippen molar-refractivity contribution >= 4 is 42.4 Å². The minimum atomic E-state index is -0.692. The maximum absolute atomic E-state index is 13.1. The van der Waals surface area contributed by atoms with Gasteiger partial charge in [-0.2, -0.15) is 0 Å². The van der Waals surface area contributed by atoms with E-state index in [2.05, 4.69) is 20.9 Å². The average Bonchev–Trinajstić information content (AvgIpc) is 2.88. The Hall–Kier alpha value is -3.33. The molecule has 0 fully saturated rings. The molecule has 0 unspecified atom stereocenters. The Balaban J connectivity index is 0.00000380. The number of rotatable bonds is 13. The summed E-state index contributed by atoms with van der Waals surface area (Å²) in [7, 11) is 0. The quantitative estimate of drug-likeness (QED) is 0.197. The van der Waals surface area contributed by atoms with Crippen LogP contribution in [0.1, 0.15) is 42.1 Å². The number of benzene rings is 2. The Bertz CT molecular complexity index is 1180. The molecule has 1 aromatic heterocycles. The number of phenolic OH excluding ortho intramolecular Hbond substituents is 1. The maximum atomic E-state index is 13.1. The van der Waals surface area contributed by atoms with Gasteiger partial charge in [-0.25, -0.2) is 4.98 Å². The number of aromatic hydroxyl groups is 1.